The number of rotatable bonds is 7. The van der Waals surface area contributed by atoms with E-state index in [0.717, 1.165) is 27.7 Å². The minimum absolute atomic E-state index is 0.852. The van der Waals surface area contributed by atoms with Gasteiger partial charge in [-0.3, -0.25) is 0 Å². The van der Waals surface area contributed by atoms with Crippen LogP contribution in [-0.4, -0.2) is 36.3 Å². The molecular weight excluding hydrogens is 304 g/mol. The molecule has 0 bridgehead atoms. The molecular formula is C10H14F8O2. The van der Waals surface area contributed by atoms with Crippen molar-refractivity contribution in [2.24, 2.45) is 0 Å². The average molecular weight is 318 g/mol. The third-order valence-corrected chi connectivity index (χ3v) is 1.89. The van der Waals surface area contributed by atoms with Crippen molar-refractivity contribution in [3.63, 3.8) is 0 Å². The minimum Gasteiger partial charge on any atom is -0.313 e. The highest BCUT2D eigenvalue weighted by Crippen LogP contribution is 2.53. The number of ether oxygens (including phenoxy) is 2. The molecule has 0 aliphatic carbocycles. The topological polar surface area (TPSA) is 18.5 Å². The van der Waals surface area contributed by atoms with E-state index in [1.165, 1.54) is 0 Å². The molecule has 0 rings (SSSR count). The quantitative estimate of drug-likeness (QED) is 0.652. The maximum absolute atomic E-state index is 13.1. The van der Waals surface area contributed by atoms with E-state index in [1.807, 2.05) is 0 Å². The zero-order chi connectivity index (χ0) is 16.6. The van der Waals surface area contributed by atoms with Crippen molar-refractivity contribution in [2.75, 3.05) is 0 Å². The zero-order valence-electron chi connectivity index (χ0n) is 11.0. The molecule has 0 aromatic carbocycles. The van der Waals surface area contributed by atoms with Crippen LogP contribution in [-0.2, 0) is 9.47 Å². The lowest BCUT2D eigenvalue weighted by atomic mass is 10.1. The van der Waals surface area contributed by atoms with Crippen molar-refractivity contribution >= 4 is 0 Å². The van der Waals surface area contributed by atoms with E-state index in [1.54, 1.807) is 0 Å². The van der Waals surface area contributed by atoms with Crippen molar-refractivity contribution in [3.05, 3.63) is 0 Å². The van der Waals surface area contributed by atoms with Gasteiger partial charge in [-0.1, -0.05) is 0 Å². The molecule has 0 aliphatic rings. The highest BCUT2D eigenvalue weighted by atomic mass is 19.4. The van der Waals surface area contributed by atoms with Gasteiger partial charge in [0.25, 0.3) is 0 Å². The molecule has 0 unspecified atom stereocenters. The third kappa shape index (κ3) is 3.51. The van der Waals surface area contributed by atoms with Gasteiger partial charge in [-0.05, 0) is 27.7 Å². The summed E-state index contributed by atoms with van der Waals surface area (Å²) in [5.41, 5.74) is 0. The molecule has 0 aromatic rings. The number of halogens is 8. The molecule has 0 amide bonds. The molecule has 0 saturated carbocycles. The van der Waals surface area contributed by atoms with Crippen LogP contribution in [0.1, 0.15) is 27.7 Å². The second-order valence-corrected chi connectivity index (χ2v) is 4.52. The molecule has 0 heterocycles. The smallest absolute Gasteiger partial charge is 0.313 e. The highest BCUT2D eigenvalue weighted by Gasteiger charge is 2.83. The highest BCUT2D eigenvalue weighted by molar-refractivity contribution is 4.97. The fourth-order valence-electron chi connectivity index (χ4n) is 1.11. The summed E-state index contributed by atoms with van der Waals surface area (Å²) in [6, 6.07) is 0. The van der Waals surface area contributed by atoms with Crippen molar-refractivity contribution in [2.45, 2.75) is 64.0 Å². The molecule has 122 valence electrons. The van der Waals surface area contributed by atoms with E-state index in [-0.39, 0.29) is 0 Å². The number of alkyl halides is 8. The van der Waals surface area contributed by atoms with E-state index in [9.17, 15) is 35.1 Å². The van der Waals surface area contributed by atoms with Crippen LogP contribution in [0, 0.1) is 0 Å². The molecule has 20 heavy (non-hydrogen) atoms. The van der Waals surface area contributed by atoms with Crippen molar-refractivity contribution < 1.29 is 44.6 Å². The van der Waals surface area contributed by atoms with Gasteiger partial charge < -0.3 is 9.47 Å². The van der Waals surface area contributed by atoms with E-state index < -0.39 is 36.3 Å². The van der Waals surface area contributed by atoms with Gasteiger partial charge in [0.15, 0.2) is 0 Å². The first-order valence-corrected chi connectivity index (χ1v) is 5.45. The summed E-state index contributed by atoms with van der Waals surface area (Å²) >= 11 is 0. The van der Waals surface area contributed by atoms with Crippen LogP contribution in [0.5, 0.6) is 0 Å². The summed E-state index contributed by atoms with van der Waals surface area (Å²) in [6.45, 7) is 3.41. The standard InChI is InChI=1S/C10H14F8O2/c1-5(2)19-9(15,16)7(11,12)8(13,14)10(17,18)20-6(3)4/h5-6H,1-4H3. The lowest BCUT2D eigenvalue weighted by Crippen LogP contribution is -2.64. The Labute approximate surface area is 110 Å². The fourth-order valence-corrected chi connectivity index (χ4v) is 1.11. The SMILES string of the molecule is CC(C)OC(F)(F)C(F)(F)C(F)(F)C(F)(F)OC(C)C. The number of hydrogen-bond donors (Lipinski definition) is 0. The molecule has 0 radical (unpaired) electrons. The van der Waals surface area contributed by atoms with Crippen LogP contribution in [0.15, 0.2) is 0 Å². The van der Waals surface area contributed by atoms with E-state index in [2.05, 4.69) is 9.47 Å². The number of hydrogen-bond acceptors (Lipinski definition) is 2. The van der Waals surface area contributed by atoms with Gasteiger partial charge in [0, 0.05) is 0 Å². The Balaban J connectivity index is 5.55. The van der Waals surface area contributed by atoms with Gasteiger partial charge in [-0.25, -0.2) is 0 Å². The normalized spacial score (nSPS) is 15.3. The van der Waals surface area contributed by atoms with Gasteiger partial charge in [-0.2, -0.15) is 35.1 Å². The van der Waals surface area contributed by atoms with Crippen LogP contribution < -0.4 is 0 Å². The zero-order valence-corrected chi connectivity index (χ0v) is 11.0. The van der Waals surface area contributed by atoms with E-state index in [0.29, 0.717) is 0 Å². The molecule has 0 aliphatic heterocycles. The Kier molecular flexibility index (Phi) is 5.45. The molecule has 2 nitrogen and oxygen atoms in total. The Morgan fingerprint density at radius 1 is 0.550 bits per heavy atom. The molecule has 0 fully saturated rings. The van der Waals surface area contributed by atoms with E-state index in [4.69, 9.17) is 0 Å². The largest absolute Gasteiger partial charge is 0.426 e. The second-order valence-electron chi connectivity index (χ2n) is 4.52. The maximum atomic E-state index is 13.1. The third-order valence-electron chi connectivity index (χ3n) is 1.89. The summed E-state index contributed by atoms with van der Waals surface area (Å²) in [5.74, 6) is -12.9. The Bertz CT molecular complexity index is 295. The van der Waals surface area contributed by atoms with Crippen molar-refractivity contribution in [1.29, 1.82) is 0 Å². The van der Waals surface area contributed by atoms with Crippen LogP contribution >= 0.6 is 0 Å². The second kappa shape index (κ2) is 5.63. The van der Waals surface area contributed by atoms with E-state index >= 15 is 0 Å². The van der Waals surface area contributed by atoms with Crippen LogP contribution in [0.3, 0.4) is 0 Å². The van der Waals surface area contributed by atoms with Gasteiger partial charge in [0.05, 0.1) is 12.2 Å². The summed E-state index contributed by atoms with van der Waals surface area (Å²) < 4.78 is 111. The summed E-state index contributed by atoms with van der Waals surface area (Å²) in [7, 11) is 0. The molecule has 0 spiro atoms. The Morgan fingerprint density at radius 3 is 0.900 bits per heavy atom. The van der Waals surface area contributed by atoms with Crippen LogP contribution in [0.4, 0.5) is 35.1 Å². The molecule has 0 N–H and O–H groups in total. The van der Waals surface area contributed by atoms with Crippen LogP contribution in [0.2, 0.25) is 0 Å². The monoisotopic (exact) mass is 318 g/mol. The predicted octanol–water partition coefficient (Wildman–Crippen LogP) is 4.29. The fraction of sp³-hybridized carbons (Fsp3) is 1.00. The summed E-state index contributed by atoms with van der Waals surface area (Å²) in [4.78, 5) is 0. The first-order valence-electron chi connectivity index (χ1n) is 5.45. The Hall–Kier alpha value is -0.640. The molecule has 0 aromatic heterocycles. The van der Waals surface area contributed by atoms with Crippen molar-refractivity contribution in [1.82, 2.24) is 0 Å². The van der Waals surface area contributed by atoms with Gasteiger partial charge in [-0.15, -0.1) is 0 Å². The first kappa shape index (κ1) is 19.4. The van der Waals surface area contributed by atoms with Gasteiger partial charge in [0.1, 0.15) is 0 Å². The maximum Gasteiger partial charge on any atom is 0.426 e. The Morgan fingerprint density at radius 2 is 0.750 bits per heavy atom. The average Bonchev–Trinajstić information content (AvgIpc) is 2.11. The molecule has 10 heteroatoms. The summed E-state index contributed by atoms with van der Waals surface area (Å²) in [5, 5.41) is 0. The van der Waals surface area contributed by atoms with Crippen LogP contribution in [0.25, 0.3) is 0 Å². The lowest BCUT2D eigenvalue weighted by Gasteiger charge is -2.36. The van der Waals surface area contributed by atoms with Gasteiger partial charge in [0.2, 0.25) is 0 Å². The molecule has 0 saturated heterocycles. The minimum atomic E-state index is -6.47. The lowest BCUT2D eigenvalue weighted by molar-refractivity contribution is -0.469. The molecule has 0 atom stereocenters. The first-order chi connectivity index (χ1) is 8.58. The summed E-state index contributed by atoms with van der Waals surface area (Å²) in [6.07, 6.45) is -14.8. The van der Waals surface area contributed by atoms with Gasteiger partial charge >= 0.3 is 24.1 Å². The van der Waals surface area contributed by atoms with Crippen molar-refractivity contribution in [3.8, 4) is 0 Å². The predicted molar refractivity (Wildman–Crippen MR) is 52.2 cm³/mol.